The maximum absolute atomic E-state index is 12.6. The molecular weight excluding hydrogens is 433 g/mol. The van der Waals surface area contributed by atoms with E-state index in [0.29, 0.717) is 42.3 Å². The van der Waals surface area contributed by atoms with Crippen LogP contribution in [-0.4, -0.2) is 30.0 Å². The van der Waals surface area contributed by atoms with Crippen LogP contribution in [0.15, 0.2) is 46.2 Å². The summed E-state index contributed by atoms with van der Waals surface area (Å²) >= 11 is 11.4. The number of hydrogen-bond donors (Lipinski definition) is 1. The lowest BCUT2D eigenvalue weighted by Gasteiger charge is -2.12. The monoisotopic (exact) mass is 455 g/mol. The molecule has 2 aromatic carbocycles. The fourth-order valence-electron chi connectivity index (χ4n) is 2.54. The van der Waals surface area contributed by atoms with Crippen molar-refractivity contribution in [3.8, 4) is 0 Å². The SMILES string of the molecule is Cc1ccc(SSc2ccc(C)cc2C(=O)NCCCl)c(C(=O)CCCCl)c1. The summed E-state index contributed by atoms with van der Waals surface area (Å²) in [5, 5.41) is 2.81. The topological polar surface area (TPSA) is 46.2 Å². The summed E-state index contributed by atoms with van der Waals surface area (Å²) in [5.41, 5.74) is 3.38. The van der Waals surface area contributed by atoms with Gasteiger partial charge in [0.05, 0.1) is 5.56 Å². The fraction of sp³-hybridized carbons (Fsp3) is 0.333. The normalized spacial score (nSPS) is 10.7. The Bertz CT molecular complexity index is 774. The third kappa shape index (κ3) is 6.73. The molecule has 0 saturated carbocycles. The molecule has 1 N–H and O–H groups in total. The third-order valence-electron chi connectivity index (χ3n) is 3.95. The second-order valence-corrected chi connectivity index (χ2v) is 9.30. The second kappa shape index (κ2) is 11.8. The molecule has 1 amide bonds. The molecule has 28 heavy (non-hydrogen) atoms. The van der Waals surface area contributed by atoms with Crippen molar-refractivity contribution >= 4 is 56.5 Å². The molecule has 0 spiro atoms. The van der Waals surface area contributed by atoms with Crippen LogP contribution < -0.4 is 5.32 Å². The van der Waals surface area contributed by atoms with E-state index in [9.17, 15) is 9.59 Å². The Morgan fingerprint density at radius 2 is 1.46 bits per heavy atom. The number of carbonyl (C=O) groups is 2. The quantitative estimate of drug-likeness (QED) is 0.260. The van der Waals surface area contributed by atoms with E-state index in [-0.39, 0.29) is 11.7 Å². The lowest BCUT2D eigenvalue weighted by Crippen LogP contribution is -2.25. The number of nitrogens with one attached hydrogen (secondary N) is 1. The van der Waals surface area contributed by atoms with E-state index >= 15 is 0 Å². The van der Waals surface area contributed by atoms with Gasteiger partial charge in [0.1, 0.15) is 0 Å². The number of hydrogen-bond acceptors (Lipinski definition) is 4. The fourth-order valence-corrected chi connectivity index (χ4v) is 5.11. The largest absolute Gasteiger partial charge is 0.351 e. The van der Waals surface area contributed by atoms with E-state index in [4.69, 9.17) is 23.2 Å². The van der Waals surface area contributed by atoms with Gasteiger partial charge in [-0.1, -0.05) is 44.8 Å². The summed E-state index contributed by atoms with van der Waals surface area (Å²) in [6, 6.07) is 11.7. The molecule has 0 saturated heterocycles. The molecule has 0 fully saturated rings. The average molecular weight is 456 g/mol. The molecule has 0 aliphatic heterocycles. The molecule has 0 heterocycles. The van der Waals surface area contributed by atoms with Gasteiger partial charge in [0, 0.05) is 40.1 Å². The van der Waals surface area contributed by atoms with Gasteiger partial charge in [-0.2, -0.15) is 0 Å². The average Bonchev–Trinajstić information content (AvgIpc) is 2.69. The van der Waals surface area contributed by atoms with Crippen LogP contribution >= 0.6 is 44.8 Å². The minimum absolute atomic E-state index is 0.0939. The van der Waals surface area contributed by atoms with E-state index < -0.39 is 0 Å². The standard InChI is InChI=1S/C21H23Cl2NO2S2/c1-14-5-7-19(16(12-14)18(25)4-3-9-22)27-28-20-8-6-15(2)13-17(20)21(26)24-11-10-23/h5-8,12-13H,3-4,9-11H2,1-2H3,(H,24,26). The number of aryl methyl sites for hydroxylation is 2. The molecule has 0 aromatic heterocycles. The van der Waals surface area contributed by atoms with Crippen LogP contribution in [0, 0.1) is 13.8 Å². The highest BCUT2D eigenvalue weighted by atomic mass is 35.5. The number of amides is 1. The van der Waals surface area contributed by atoms with Gasteiger partial charge >= 0.3 is 0 Å². The van der Waals surface area contributed by atoms with E-state index in [0.717, 1.165) is 20.9 Å². The number of rotatable bonds is 10. The van der Waals surface area contributed by atoms with Crippen LogP contribution in [0.3, 0.4) is 0 Å². The van der Waals surface area contributed by atoms with Crippen molar-refractivity contribution in [1.29, 1.82) is 0 Å². The zero-order valence-electron chi connectivity index (χ0n) is 15.9. The molecular formula is C21H23Cl2NO2S2. The van der Waals surface area contributed by atoms with Gasteiger partial charge in [-0.3, -0.25) is 9.59 Å². The van der Waals surface area contributed by atoms with Crippen LogP contribution in [0.4, 0.5) is 0 Å². The van der Waals surface area contributed by atoms with Crippen molar-refractivity contribution in [3.05, 3.63) is 58.7 Å². The van der Waals surface area contributed by atoms with Crippen molar-refractivity contribution in [1.82, 2.24) is 5.32 Å². The van der Waals surface area contributed by atoms with Gasteiger partial charge in [0.15, 0.2) is 5.78 Å². The summed E-state index contributed by atoms with van der Waals surface area (Å²) in [6.07, 6.45) is 1.09. The molecule has 0 unspecified atom stereocenters. The number of halogens is 2. The van der Waals surface area contributed by atoms with Gasteiger partial charge in [-0.15, -0.1) is 23.2 Å². The van der Waals surface area contributed by atoms with Gasteiger partial charge in [-0.05, 0) is 44.5 Å². The maximum Gasteiger partial charge on any atom is 0.252 e. The molecule has 7 heteroatoms. The summed E-state index contributed by atoms with van der Waals surface area (Å²) in [4.78, 5) is 26.8. The first-order valence-corrected chi connectivity index (χ1v) is 12.2. The van der Waals surface area contributed by atoms with Gasteiger partial charge in [-0.25, -0.2) is 0 Å². The Hall–Kier alpha value is -1.14. The molecule has 150 valence electrons. The van der Waals surface area contributed by atoms with Gasteiger partial charge < -0.3 is 5.32 Å². The highest BCUT2D eigenvalue weighted by Gasteiger charge is 2.16. The Morgan fingerprint density at radius 1 is 0.893 bits per heavy atom. The summed E-state index contributed by atoms with van der Waals surface area (Å²) in [6.45, 7) is 4.34. The number of Topliss-reactive ketones (excluding diaryl/α,β-unsaturated/α-hetero) is 1. The highest BCUT2D eigenvalue weighted by molar-refractivity contribution is 8.76. The number of alkyl halides is 2. The highest BCUT2D eigenvalue weighted by Crippen LogP contribution is 2.41. The molecule has 2 aromatic rings. The Balaban J connectivity index is 2.22. The summed E-state index contributed by atoms with van der Waals surface area (Å²) in [5.74, 6) is 0.788. The molecule has 0 aliphatic carbocycles. The second-order valence-electron chi connectivity index (χ2n) is 6.33. The van der Waals surface area contributed by atoms with Gasteiger partial charge in [0.2, 0.25) is 0 Å². The van der Waals surface area contributed by atoms with Crippen molar-refractivity contribution < 1.29 is 9.59 Å². The lowest BCUT2D eigenvalue weighted by molar-refractivity contribution is 0.0950. The Morgan fingerprint density at radius 3 is 2.04 bits per heavy atom. The number of ketones is 1. The predicted molar refractivity (Wildman–Crippen MR) is 121 cm³/mol. The van der Waals surface area contributed by atoms with Crippen molar-refractivity contribution in [2.24, 2.45) is 0 Å². The van der Waals surface area contributed by atoms with E-state index in [1.807, 2.05) is 50.2 Å². The van der Waals surface area contributed by atoms with Crippen molar-refractivity contribution in [2.75, 3.05) is 18.3 Å². The van der Waals surface area contributed by atoms with Crippen molar-refractivity contribution in [3.63, 3.8) is 0 Å². The van der Waals surface area contributed by atoms with Crippen LogP contribution in [0.1, 0.15) is 44.7 Å². The summed E-state index contributed by atoms with van der Waals surface area (Å²) < 4.78 is 0. The van der Waals surface area contributed by atoms with Crippen LogP contribution in [0.5, 0.6) is 0 Å². The molecule has 0 bridgehead atoms. The molecule has 0 aliphatic rings. The first-order chi connectivity index (χ1) is 13.5. The number of benzene rings is 2. The molecule has 0 radical (unpaired) electrons. The zero-order chi connectivity index (χ0) is 20.5. The van der Waals surface area contributed by atoms with Gasteiger partial charge in [0.25, 0.3) is 5.91 Å². The lowest BCUT2D eigenvalue weighted by atomic mass is 10.0. The van der Waals surface area contributed by atoms with Crippen LogP contribution in [0.25, 0.3) is 0 Å². The summed E-state index contributed by atoms with van der Waals surface area (Å²) in [7, 11) is 2.97. The molecule has 0 atom stereocenters. The minimum atomic E-state index is -0.144. The first-order valence-electron chi connectivity index (χ1n) is 8.95. The smallest absolute Gasteiger partial charge is 0.252 e. The van der Waals surface area contributed by atoms with Crippen LogP contribution in [0.2, 0.25) is 0 Å². The van der Waals surface area contributed by atoms with E-state index in [1.54, 1.807) is 0 Å². The van der Waals surface area contributed by atoms with E-state index in [1.165, 1.54) is 21.6 Å². The Kier molecular flexibility index (Phi) is 9.72. The van der Waals surface area contributed by atoms with E-state index in [2.05, 4.69) is 5.32 Å². The molecule has 3 nitrogen and oxygen atoms in total. The minimum Gasteiger partial charge on any atom is -0.351 e. The maximum atomic E-state index is 12.6. The van der Waals surface area contributed by atoms with Crippen LogP contribution in [-0.2, 0) is 0 Å². The number of carbonyl (C=O) groups excluding carboxylic acids is 2. The first kappa shape index (κ1) is 23.1. The predicted octanol–water partition coefficient (Wildman–Crippen LogP) is 6.27. The molecule has 2 rings (SSSR count). The van der Waals surface area contributed by atoms with Crippen molar-refractivity contribution in [2.45, 2.75) is 36.5 Å². The zero-order valence-corrected chi connectivity index (χ0v) is 19.0. The Labute approximate surface area is 184 Å². The third-order valence-corrected chi connectivity index (χ3v) is 6.89.